The van der Waals surface area contributed by atoms with Gasteiger partial charge < -0.3 is 9.80 Å². The van der Waals surface area contributed by atoms with E-state index in [-0.39, 0.29) is 18.4 Å². The Balaban J connectivity index is 1.74. The summed E-state index contributed by atoms with van der Waals surface area (Å²) < 4.78 is 27.6. The highest BCUT2D eigenvalue weighted by Crippen LogP contribution is 2.27. The van der Waals surface area contributed by atoms with Crippen LogP contribution in [0.4, 0.5) is 0 Å². The molecule has 6 nitrogen and oxygen atoms in total. The van der Waals surface area contributed by atoms with Gasteiger partial charge in [0.25, 0.3) is 10.0 Å². The number of carbonyl (C=O) groups excluding carboxylic acids is 1. The lowest BCUT2D eigenvalue weighted by molar-refractivity contribution is -0.137. The molecule has 1 saturated heterocycles. The molecule has 8 heteroatoms. The molecule has 2 heterocycles. The van der Waals surface area contributed by atoms with Crippen LogP contribution in [0, 0.1) is 5.92 Å². The molecule has 1 aliphatic rings. The molecular formula is C21H29N3O3S2. The average Bonchev–Trinajstić information content (AvgIpc) is 3.27. The van der Waals surface area contributed by atoms with E-state index in [4.69, 9.17) is 0 Å². The maximum absolute atomic E-state index is 13.4. The van der Waals surface area contributed by atoms with Crippen LogP contribution < -0.4 is 0 Å². The Bertz CT molecular complexity index is 883. The number of thiophene rings is 1. The summed E-state index contributed by atoms with van der Waals surface area (Å²) in [5.41, 5.74) is 1.08. The SMILES string of the molecule is CN(C)CCN(Cc1ccccc1)C(=O)C1CCCN(S(=O)(=O)c2cccs2)C1. The van der Waals surface area contributed by atoms with Gasteiger partial charge in [-0.1, -0.05) is 36.4 Å². The quantitative estimate of drug-likeness (QED) is 0.640. The second kappa shape index (κ2) is 9.84. The second-order valence-electron chi connectivity index (χ2n) is 7.68. The molecule has 0 aliphatic carbocycles. The highest BCUT2D eigenvalue weighted by atomic mass is 32.2. The van der Waals surface area contributed by atoms with Crippen LogP contribution in [0.1, 0.15) is 18.4 Å². The fraction of sp³-hybridized carbons (Fsp3) is 0.476. The molecule has 0 saturated carbocycles. The molecule has 1 aromatic heterocycles. The van der Waals surface area contributed by atoms with Gasteiger partial charge in [-0.05, 0) is 43.9 Å². The van der Waals surface area contributed by atoms with Crippen molar-refractivity contribution in [3.05, 3.63) is 53.4 Å². The Morgan fingerprint density at radius 2 is 1.90 bits per heavy atom. The molecule has 1 aliphatic heterocycles. The van der Waals surface area contributed by atoms with Crippen molar-refractivity contribution < 1.29 is 13.2 Å². The molecule has 0 radical (unpaired) electrons. The number of piperidine rings is 1. The maximum Gasteiger partial charge on any atom is 0.252 e. The number of rotatable bonds is 8. The molecule has 1 amide bonds. The molecule has 3 rings (SSSR count). The van der Waals surface area contributed by atoms with Crippen LogP contribution in [-0.4, -0.2) is 68.7 Å². The predicted molar refractivity (Wildman–Crippen MR) is 116 cm³/mol. The maximum atomic E-state index is 13.4. The van der Waals surface area contributed by atoms with E-state index in [9.17, 15) is 13.2 Å². The van der Waals surface area contributed by atoms with Crippen molar-refractivity contribution in [1.29, 1.82) is 0 Å². The van der Waals surface area contributed by atoms with Gasteiger partial charge >= 0.3 is 0 Å². The molecule has 1 unspecified atom stereocenters. The minimum atomic E-state index is -3.52. The van der Waals surface area contributed by atoms with E-state index >= 15 is 0 Å². The third-order valence-corrected chi connectivity index (χ3v) is 8.41. The van der Waals surface area contributed by atoms with Crippen molar-refractivity contribution in [1.82, 2.24) is 14.1 Å². The third-order valence-electron chi connectivity index (χ3n) is 5.17. The number of likely N-dealkylation sites (N-methyl/N-ethyl adjacent to an activating group) is 1. The fourth-order valence-electron chi connectivity index (χ4n) is 3.55. The van der Waals surface area contributed by atoms with Gasteiger partial charge in [-0.2, -0.15) is 4.31 Å². The van der Waals surface area contributed by atoms with Crippen molar-refractivity contribution in [3.8, 4) is 0 Å². The van der Waals surface area contributed by atoms with E-state index in [0.717, 1.165) is 18.5 Å². The highest BCUT2D eigenvalue weighted by molar-refractivity contribution is 7.91. The van der Waals surface area contributed by atoms with E-state index in [2.05, 4.69) is 4.90 Å². The van der Waals surface area contributed by atoms with E-state index in [1.54, 1.807) is 17.5 Å². The fourth-order valence-corrected chi connectivity index (χ4v) is 6.22. The van der Waals surface area contributed by atoms with Crippen LogP contribution >= 0.6 is 11.3 Å². The van der Waals surface area contributed by atoms with Gasteiger partial charge in [0.1, 0.15) is 4.21 Å². The summed E-state index contributed by atoms with van der Waals surface area (Å²) in [4.78, 5) is 17.3. The number of sulfonamides is 1. The molecule has 0 bridgehead atoms. The minimum absolute atomic E-state index is 0.0433. The molecule has 29 heavy (non-hydrogen) atoms. The standard InChI is InChI=1S/C21H29N3O3S2/c1-22(2)13-14-23(16-18-8-4-3-5-9-18)21(25)19-10-6-12-24(17-19)29(26,27)20-11-7-15-28-20/h3-5,7-9,11,15,19H,6,10,12-14,16-17H2,1-2H3. The lowest BCUT2D eigenvalue weighted by atomic mass is 9.97. The first-order valence-corrected chi connectivity index (χ1v) is 12.2. The number of amides is 1. The Labute approximate surface area is 177 Å². The van der Waals surface area contributed by atoms with E-state index in [0.29, 0.717) is 30.3 Å². The Hall–Kier alpha value is -1.74. The van der Waals surface area contributed by atoms with Crippen LogP contribution in [0.2, 0.25) is 0 Å². The third kappa shape index (κ3) is 5.66. The van der Waals surface area contributed by atoms with E-state index < -0.39 is 10.0 Å². The summed E-state index contributed by atoms with van der Waals surface area (Å²) in [6, 6.07) is 13.3. The smallest absolute Gasteiger partial charge is 0.252 e. The summed E-state index contributed by atoms with van der Waals surface area (Å²) in [5, 5.41) is 1.77. The van der Waals surface area contributed by atoms with Gasteiger partial charge in [-0.15, -0.1) is 11.3 Å². The Kier molecular flexibility index (Phi) is 7.45. The van der Waals surface area contributed by atoms with Crippen LogP contribution in [0.3, 0.4) is 0 Å². The monoisotopic (exact) mass is 435 g/mol. The number of hydrogen-bond acceptors (Lipinski definition) is 5. The number of carbonyl (C=O) groups is 1. The summed E-state index contributed by atoms with van der Waals surface area (Å²) in [5.74, 6) is -0.258. The summed E-state index contributed by atoms with van der Waals surface area (Å²) >= 11 is 1.22. The van der Waals surface area contributed by atoms with Crippen molar-refractivity contribution in [2.45, 2.75) is 23.6 Å². The number of nitrogens with zero attached hydrogens (tertiary/aromatic N) is 3. The molecule has 0 N–H and O–H groups in total. The van der Waals surface area contributed by atoms with Gasteiger partial charge in [-0.25, -0.2) is 8.42 Å². The largest absolute Gasteiger partial charge is 0.337 e. The van der Waals surface area contributed by atoms with Crippen molar-refractivity contribution in [2.75, 3.05) is 40.3 Å². The molecule has 0 spiro atoms. The zero-order valence-electron chi connectivity index (χ0n) is 17.0. The molecule has 1 atom stereocenters. The van der Waals surface area contributed by atoms with Crippen molar-refractivity contribution in [2.24, 2.45) is 5.92 Å². The molecule has 1 aromatic carbocycles. The van der Waals surface area contributed by atoms with Crippen LogP contribution in [0.25, 0.3) is 0 Å². The molecule has 1 fully saturated rings. The number of hydrogen-bond donors (Lipinski definition) is 0. The lowest BCUT2D eigenvalue weighted by Gasteiger charge is -2.34. The van der Waals surface area contributed by atoms with Gasteiger partial charge in [0, 0.05) is 32.7 Å². The first-order valence-electron chi connectivity index (χ1n) is 9.89. The van der Waals surface area contributed by atoms with E-state index in [1.165, 1.54) is 15.6 Å². The minimum Gasteiger partial charge on any atom is -0.337 e. The van der Waals surface area contributed by atoms with Crippen molar-refractivity contribution in [3.63, 3.8) is 0 Å². The summed E-state index contributed by atoms with van der Waals surface area (Å²) in [6.45, 7) is 2.66. The predicted octanol–water partition coefficient (Wildman–Crippen LogP) is 2.74. The Morgan fingerprint density at radius 3 is 2.55 bits per heavy atom. The van der Waals surface area contributed by atoms with Gasteiger partial charge in [-0.3, -0.25) is 4.79 Å². The molecule has 158 valence electrons. The van der Waals surface area contributed by atoms with Crippen LogP contribution in [0.15, 0.2) is 52.1 Å². The topological polar surface area (TPSA) is 60.9 Å². The highest BCUT2D eigenvalue weighted by Gasteiger charge is 2.35. The van der Waals surface area contributed by atoms with E-state index in [1.807, 2.05) is 49.3 Å². The Morgan fingerprint density at radius 1 is 1.14 bits per heavy atom. The second-order valence-corrected chi connectivity index (χ2v) is 10.8. The summed E-state index contributed by atoms with van der Waals surface area (Å²) in [7, 11) is 0.452. The zero-order valence-corrected chi connectivity index (χ0v) is 18.7. The normalized spacial score (nSPS) is 18.1. The van der Waals surface area contributed by atoms with Crippen LogP contribution in [0.5, 0.6) is 0 Å². The van der Waals surface area contributed by atoms with Gasteiger partial charge in [0.15, 0.2) is 0 Å². The molecular weight excluding hydrogens is 406 g/mol. The lowest BCUT2D eigenvalue weighted by Crippen LogP contribution is -2.47. The number of benzene rings is 1. The first kappa shape index (κ1) is 22.0. The zero-order chi connectivity index (χ0) is 20.9. The molecule has 2 aromatic rings. The van der Waals surface area contributed by atoms with Gasteiger partial charge in [0.05, 0.1) is 5.92 Å². The average molecular weight is 436 g/mol. The summed E-state index contributed by atoms with van der Waals surface area (Å²) in [6.07, 6.45) is 1.43. The van der Waals surface area contributed by atoms with Crippen LogP contribution in [-0.2, 0) is 21.4 Å². The van der Waals surface area contributed by atoms with Crippen molar-refractivity contribution >= 4 is 27.3 Å². The van der Waals surface area contributed by atoms with Gasteiger partial charge in [0.2, 0.25) is 5.91 Å². The first-order chi connectivity index (χ1) is 13.9.